The molecule has 0 aliphatic heterocycles. The zero-order chi connectivity index (χ0) is 12.3. The van der Waals surface area contributed by atoms with E-state index < -0.39 is 18.3 Å². The third-order valence-electron chi connectivity index (χ3n) is 2.29. The first kappa shape index (κ1) is 12.8. The quantitative estimate of drug-likeness (QED) is 0.860. The van der Waals surface area contributed by atoms with Crippen LogP contribution in [0.5, 0.6) is 0 Å². The molecule has 1 aromatic carbocycles. The highest BCUT2D eigenvalue weighted by Crippen LogP contribution is 2.19. The Morgan fingerprint density at radius 3 is 2.38 bits per heavy atom. The molecule has 16 heavy (non-hydrogen) atoms. The van der Waals surface area contributed by atoms with Crippen molar-refractivity contribution in [3.63, 3.8) is 0 Å². The van der Waals surface area contributed by atoms with Crippen molar-refractivity contribution in [3.05, 3.63) is 29.6 Å². The Morgan fingerprint density at radius 2 is 1.94 bits per heavy atom. The summed E-state index contributed by atoms with van der Waals surface area (Å²) in [4.78, 5) is 1.62. The summed E-state index contributed by atoms with van der Waals surface area (Å²) >= 11 is 0. The number of rotatable bonds is 4. The number of nitrogens with two attached hydrogens (primary N) is 1. The van der Waals surface area contributed by atoms with E-state index >= 15 is 0 Å². The largest absolute Gasteiger partial charge is 0.375 e. The maximum Gasteiger partial charge on any atom is 0.253 e. The van der Waals surface area contributed by atoms with Crippen LogP contribution in [-0.4, -0.2) is 26.6 Å². The SMILES string of the molecule is CN(C)c1ccc(CC(N)C(F)F)cc1F. The molecule has 0 bridgehead atoms. The Labute approximate surface area is 92.9 Å². The van der Waals surface area contributed by atoms with Gasteiger partial charge < -0.3 is 10.6 Å². The van der Waals surface area contributed by atoms with E-state index in [0.29, 0.717) is 11.3 Å². The Bertz CT molecular complexity index is 353. The second-order valence-corrected chi connectivity index (χ2v) is 3.88. The van der Waals surface area contributed by atoms with E-state index in [4.69, 9.17) is 5.73 Å². The van der Waals surface area contributed by atoms with Gasteiger partial charge in [-0.25, -0.2) is 13.2 Å². The summed E-state index contributed by atoms with van der Waals surface area (Å²) in [6.07, 6.45) is -2.61. The predicted octanol–water partition coefficient (Wildman–Crippen LogP) is 2.03. The van der Waals surface area contributed by atoms with Crippen LogP contribution in [0.1, 0.15) is 5.56 Å². The molecule has 0 saturated carbocycles. The molecule has 0 saturated heterocycles. The smallest absolute Gasteiger partial charge is 0.253 e. The molecular formula is C11H15F3N2. The van der Waals surface area contributed by atoms with Crippen molar-refractivity contribution in [2.45, 2.75) is 18.9 Å². The van der Waals surface area contributed by atoms with Gasteiger partial charge in [0.1, 0.15) is 5.82 Å². The van der Waals surface area contributed by atoms with Crippen LogP contribution in [0.4, 0.5) is 18.9 Å². The third kappa shape index (κ3) is 3.13. The summed E-state index contributed by atoms with van der Waals surface area (Å²) in [5.74, 6) is -0.427. The molecule has 0 aromatic heterocycles. The lowest BCUT2D eigenvalue weighted by Crippen LogP contribution is -2.30. The van der Waals surface area contributed by atoms with Gasteiger partial charge in [0, 0.05) is 14.1 Å². The van der Waals surface area contributed by atoms with Crippen molar-refractivity contribution in [1.82, 2.24) is 0 Å². The average Bonchev–Trinajstić information content (AvgIpc) is 2.16. The Kier molecular flexibility index (Phi) is 4.18. The summed E-state index contributed by atoms with van der Waals surface area (Å²) in [6, 6.07) is 3.17. The summed E-state index contributed by atoms with van der Waals surface area (Å²) in [7, 11) is 3.42. The zero-order valence-electron chi connectivity index (χ0n) is 9.25. The lowest BCUT2D eigenvalue weighted by atomic mass is 10.1. The van der Waals surface area contributed by atoms with E-state index in [1.807, 2.05) is 0 Å². The highest BCUT2D eigenvalue weighted by molar-refractivity contribution is 5.47. The molecule has 1 unspecified atom stereocenters. The number of benzene rings is 1. The molecule has 90 valence electrons. The maximum absolute atomic E-state index is 13.5. The normalized spacial score (nSPS) is 12.9. The summed E-state index contributed by atoms with van der Waals surface area (Å²) in [5.41, 5.74) is 6.12. The highest BCUT2D eigenvalue weighted by atomic mass is 19.3. The fourth-order valence-electron chi connectivity index (χ4n) is 1.40. The van der Waals surface area contributed by atoms with Gasteiger partial charge in [0.2, 0.25) is 0 Å². The van der Waals surface area contributed by atoms with E-state index in [1.165, 1.54) is 6.07 Å². The van der Waals surface area contributed by atoms with Gasteiger partial charge in [-0.1, -0.05) is 6.07 Å². The van der Waals surface area contributed by atoms with Crippen LogP contribution < -0.4 is 10.6 Å². The lowest BCUT2D eigenvalue weighted by molar-refractivity contribution is 0.116. The second kappa shape index (κ2) is 5.21. The molecular weight excluding hydrogens is 217 g/mol. The van der Waals surface area contributed by atoms with Crippen molar-refractivity contribution in [1.29, 1.82) is 0 Å². The first-order valence-electron chi connectivity index (χ1n) is 4.91. The van der Waals surface area contributed by atoms with Gasteiger partial charge in [0.15, 0.2) is 0 Å². The van der Waals surface area contributed by atoms with Gasteiger partial charge >= 0.3 is 0 Å². The van der Waals surface area contributed by atoms with Gasteiger partial charge in [-0.2, -0.15) is 0 Å². The fraction of sp³-hybridized carbons (Fsp3) is 0.455. The minimum Gasteiger partial charge on any atom is -0.375 e. The Morgan fingerprint density at radius 1 is 1.31 bits per heavy atom. The van der Waals surface area contributed by atoms with Crippen molar-refractivity contribution >= 4 is 5.69 Å². The highest BCUT2D eigenvalue weighted by Gasteiger charge is 2.16. The van der Waals surface area contributed by atoms with Crippen LogP contribution in [0.25, 0.3) is 0 Å². The van der Waals surface area contributed by atoms with Crippen molar-refractivity contribution in [2.24, 2.45) is 5.73 Å². The summed E-state index contributed by atoms with van der Waals surface area (Å²) < 4.78 is 37.9. The monoisotopic (exact) mass is 232 g/mol. The molecule has 0 spiro atoms. The van der Waals surface area contributed by atoms with Gasteiger partial charge in [0.05, 0.1) is 11.7 Å². The van der Waals surface area contributed by atoms with Crippen LogP contribution in [0, 0.1) is 5.82 Å². The van der Waals surface area contributed by atoms with Gasteiger partial charge in [-0.05, 0) is 24.1 Å². The van der Waals surface area contributed by atoms with E-state index in [-0.39, 0.29) is 6.42 Å². The number of hydrogen-bond acceptors (Lipinski definition) is 2. The minimum absolute atomic E-state index is 0.0255. The molecule has 1 aromatic rings. The second-order valence-electron chi connectivity index (χ2n) is 3.88. The van der Waals surface area contributed by atoms with Crippen LogP contribution in [0.3, 0.4) is 0 Å². The molecule has 0 aliphatic rings. The molecule has 5 heteroatoms. The Hall–Kier alpha value is -1.23. The number of nitrogens with zero attached hydrogens (tertiary/aromatic N) is 1. The number of alkyl halides is 2. The molecule has 1 atom stereocenters. The standard InChI is InChI=1S/C11H15F3N2/c1-16(2)10-4-3-7(5-8(10)12)6-9(15)11(13)14/h3-5,9,11H,6,15H2,1-2H3. The van der Waals surface area contributed by atoms with E-state index in [2.05, 4.69) is 0 Å². The minimum atomic E-state index is -2.59. The molecule has 0 heterocycles. The van der Waals surface area contributed by atoms with E-state index in [9.17, 15) is 13.2 Å². The summed E-state index contributed by atoms with van der Waals surface area (Å²) in [6.45, 7) is 0. The zero-order valence-corrected chi connectivity index (χ0v) is 9.25. The van der Waals surface area contributed by atoms with Gasteiger partial charge in [0.25, 0.3) is 6.43 Å². The van der Waals surface area contributed by atoms with Crippen LogP contribution in [0.2, 0.25) is 0 Å². The first-order valence-corrected chi connectivity index (χ1v) is 4.91. The number of hydrogen-bond donors (Lipinski definition) is 1. The van der Waals surface area contributed by atoms with Crippen LogP contribution in [-0.2, 0) is 6.42 Å². The molecule has 0 amide bonds. The molecule has 0 aliphatic carbocycles. The molecule has 1 rings (SSSR count). The molecule has 0 radical (unpaired) electrons. The molecule has 2 nitrogen and oxygen atoms in total. The average molecular weight is 232 g/mol. The fourth-order valence-corrected chi connectivity index (χ4v) is 1.40. The lowest BCUT2D eigenvalue weighted by Gasteiger charge is -2.15. The predicted molar refractivity (Wildman–Crippen MR) is 58.4 cm³/mol. The third-order valence-corrected chi connectivity index (χ3v) is 2.29. The first-order chi connectivity index (χ1) is 7.41. The number of halogens is 3. The van der Waals surface area contributed by atoms with Crippen LogP contribution >= 0.6 is 0 Å². The summed E-state index contributed by atoms with van der Waals surface area (Å²) in [5, 5.41) is 0. The number of anilines is 1. The topological polar surface area (TPSA) is 29.3 Å². The van der Waals surface area contributed by atoms with E-state index in [0.717, 1.165) is 0 Å². The van der Waals surface area contributed by atoms with Crippen molar-refractivity contribution in [2.75, 3.05) is 19.0 Å². The maximum atomic E-state index is 13.5. The van der Waals surface area contributed by atoms with Crippen LogP contribution in [0.15, 0.2) is 18.2 Å². The molecule has 0 fully saturated rings. The Balaban J connectivity index is 2.81. The molecule has 2 N–H and O–H groups in total. The van der Waals surface area contributed by atoms with Crippen molar-refractivity contribution in [3.8, 4) is 0 Å². The van der Waals surface area contributed by atoms with Gasteiger partial charge in [-0.15, -0.1) is 0 Å². The van der Waals surface area contributed by atoms with Gasteiger partial charge in [-0.3, -0.25) is 0 Å². The van der Waals surface area contributed by atoms with Crippen molar-refractivity contribution < 1.29 is 13.2 Å². The van der Waals surface area contributed by atoms with E-state index in [1.54, 1.807) is 31.1 Å².